The van der Waals surface area contributed by atoms with E-state index in [0.717, 1.165) is 49.6 Å². The molecule has 0 atom stereocenters. The van der Waals surface area contributed by atoms with Crippen LogP contribution in [0.4, 0.5) is 4.79 Å². The maximum Gasteiger partial charge on any atom is 0.317 e. The van der Waals surface area contributed by atoms with Gasteiger partial charge in [-0.25, -0.2) is 4.79 Å². The Morgan fingerprint density at radius 2 is 1.96 bits per heavy atom. The number of fused-ring (bicyclic) bond motifs is 1. The number of ether oxygens (including phenoxy) is 1. The molecule has 6 heteroatoms. The van der Waals surface area contributed by atoms with Crippen molar-refractivity contribution in [1.82, 2.24) is 15.1 Å². The normalized spacial score (nSPS) is 18.8. The molecular formula is C22H29N3O3. The topological polar surface area (TPSA) is 58.0 Å². The van der Waals surface area contributed by atoms with Gasteiger partial charge in [0, 0.05) is 37.4 Å². The minimum Gasteiger partial charge on any atom is -0.459 e. The highest BCUT2D eigenvalue weighted by Crippen LogP contribution is 2.30. The van der Waals surface area contributed by atoms with Gasteiger partial charge >= 0.3 is 6.03 Å². The molecule has 0 saturated carbocycles. The molecule has 2 aliphatic rings. The molecule has 0 radical (unpaired) electrons. The molecule has 2 aromatic rings. The van der Waals surface area contributed by atoms with Crippen LogP contribution in [0, 0.1) is 0 Å². The van der Waals surface area contributed by atoms with E-state index in [1.165, 1.54) is 5.56 Å². The lowest BCUT2D eigenvalue weighted by molar-refractivity contribution is -0.00629. The largest absolute Gasteiger partial charge is 0.459 e. The Kier molecular flexibility index (Phi) is 5.42. The van der Waals surface area contributed by atoms with E-state index in [4.69, 9.17) is 9.15 Å². The third kappa shape index (κ3) is 3.80. The molecule has 1 fully saturated rings. The second-order valence-electron chi connectivity index (χ2n) is 7.99. The Labute approximate surface area is 166 Å². The second kappa shape index (κ2) is 7.97. The minimum atomic E-state index is -0.0278. The smallest absolute Gasteiger partial charge is 0.317 e. The highest BCUT2D eigenvalue weighted by molar-refractivity contribution is 5.74. The summed E-state index contributed by atoms with van der Waals surface area (Å²) < 4.78 is 11.6. The number of likely N-dealkylation sites (N-methyl/N-ethyl adjacent to an activating group) is 1. The number of rotatable bonds is 4. The van der Waals surface area contributed by atoms with Crippen LogP contribution in [-0.2, 0) is 17.7 Å². The maximum absolute atomic E-state index is 12.8. The molecule has 150 valence electrons. The third-order valence-electron chi connectivity index (χ3n) is 6.17. The van der Waals surface area contributed by atoms with Gasteiger partial charge < -0.3 is 24.3 Å². The number of hydrogen-bond acceptors (Lipinski definition) is 4. The van der Waals surface area contributed by atoms with Crippen LogP contribution in [0.3, 0.4) is 0 Å². The molecule has 1 aromatic carbocycles. The van der Waals surface area contributed by atoms with E-state index in [9.17, 15) is 4.79 Å². The molecule has 2 aliphatic heterocycles. The summed E-state index contributed by atoms with van der Waals surface area (Å²) in [7, 11) is 4.16. The number of carbonyl (C=O) groups is 1. The van der Waals surface area contributed by atoms with Crippen LogP contribution in [0.1, 0.15) is 24.2 Å². The molecule has 6 nitrogen and oxygen atoms in total. The van der Waals surface area contributed by atoms with Gasteiger partial charge in [0.2, 0.25) is 0 Å². The predicted octanol–water partition coefficient (Wildman–Crippen LogP) is 3.13. The van der Waals surface area contributed by atoms with Crippen LogP contribution in [-0.4, -0.2) is 61.8 Å². The average Bonchev–Trinajstić information content (AvgIpc) is 3.16. The molecule has 0 aliphatic carbocycles. The number of benzene rings is 1. The monoisotopic (exact) mass is 383 g/mol. The van der Waals surface area contributed by atoms with Gasteiger partial charge in [-0.15, -0.1) is 0 Å². The summed E-state index contributed by atoms with van der Waals surface area (Å²) in [6, 6.07) is 12.2. The van der Waals surface area contributed by atoms with E-state index in [1.807, 2.05) is 35.2 Å². The highest BCUT2D eigenvalue weighted by Gasteiger charge is 2.36. The zero-order chi connectivity index (χ0) is 19.6. The standard InChI is InChI=1S/C22H29N3O3/c1-24(2)22(9-12-27-13-10-22)16-23-21(26)25-11-8-18-14-19(28-20(18)15-25)17-6-4-3-5-7-17/h3-7,14H,8-13,15-16H2,1-2H3,(H,23,26). The van der Waals surface area contributed by atoms with Crippen LogP contribution >= 0.6 is 0 Å². The molecule has 2 amide bonds. The van der Waals surface area contributed by atoms with Crippen molar-refractivity contribution in [1.29, 1.82) is 0 Å². The van der Waals surface area contributed by atoms with Crippen molar-refractivity contribution in [3.05, 3.63) is 47.7 Å². The van der Waals surface area contributed by atoms with E-state index in [0.29, 0.717) is 19.6 Å². The van der Waals surface area contributed by atoms with Crippen LogP contribution in [0.5, 0.6) is 0 Å². The molecule has 3 heterocycles. The van der Waals surface area contributed by atoms with Crippen LogP contribution in [0.25, 0.3) is 11.3 Å². The van der Waals surface area contributed by atoms with Crippen molar-refractivity contribution in [2.75, 3.05) is 40.4 Å². The van der Waals surface area contributed by atoms with Gasteiger partial charge in [-0.1, -0.05) is 30.3 Å². The maximum atomic E-state index is 12.8. The molecule has 0 spiro atoms. The summed E-state index contributed by atoms with van der Waals surface area (Å²) >= 11 is 0. The molecular weight excluding hydrogens is 354 g/mol. The zero-order valence-corrected chi connectivity index (χ0v) is 16.7. The number of nitrogens with zero attached hydrogens (tertiary/aromatic N) is 2. The summed E-state index contributed by atoms with van der Waals surface area (Å²) in [5.74, 6) is 1.77. The van der Waals surface area contributed by atoms with Crippen molar-refractivity contribution >= 4 is 6.03 Å². The molecule has 28 heavy (non-hydrogen) atoms. The Bertz CT molecular complexity index is 810. The summed E-state index contributed by atoms with van der Waals surface area (Å²) in [6.45, 7) is 3.36. The van der Waals surface area contributed by atoms with E-state index in [1.54, 1.807) is 0 Å². The first-order chi connectivity index (χ1) is 13.6. The number of furan rings is 1. The van der Waals surface area contributed by atoms with Gasteiger partial charge in [-0.3, -0.25) is 0 Å². The molecule has 1 aromatic heterocycles. The lowest BCUT2D eigenvalue weighted by Crippen LogP contribution is -2.57. The summed E-state index contributed by atoms with van der Waals surface area (Å²) in [6.07, 6.45) is 2.69. The molecule has 0 bridgehead atoms. The van der Waals surface area contributed by atoms with Crippen LogP contribution in [0.2, 0.25) is 0 Å². The number of carbonyl (C=O) groups excluding carboxylic acids is 1. The summed E-state index contributed by atoms with van der Waals surface area (Å²) in [5, 5.41) is 3.16. The van der Waals surface area contributed by atoms with E-state index < -0.39 is 0 Å². The Morgan fingerprint density at radius 3 is 2.68 bits per heavy atom. The highest BCUT2D eigenvalue weighted by atomic mass is 16.5. The Hall–Kier alpha value is -2.31. The molecule has 1 N–H and O–H groups in total. The average molecular weight is 383 g/mol. The lowest BCUT2D eigenvalue weighted by Gasteiger charge is -2.43. The second-order valence-corrected chi connectivity index (χ2v) is 7.99. The fraction of sp³-hybridized carbons (Fsp3) is 0.500. The van der Waals surface area contributed by atoms with Gasteiger partial charge in [-0.05, 0) is 45.0 Å². The van der Waals surface area contributed by atoms with Gasteiger partial charge in [0.05, 0.1) is 6.54 Å². The van der Waals surface area contributed by atoms with Crippen molar-refractivity contribution in [3.8, 4) is 11.3 Å². The van der Waals surface area contributed by atoms with Gasteiger partial charge in [0.1, 0.15) is 11.5 Å². The first kappa shape index (κ1) is 19.0. The van der Waals surface area contributed by atoms with E-state index in [-0.39, 0.29) is 11.6 Å². The minimum absolute atomic E-state index is 0.0176. The first-order valence-electron chi connectivity index (χ1n) is 10.0. The molecule has 4 rings (SSSR count). The number of amides is 2. The zero-order valence-electron chi connectivity index (χ0n) is 16.7. The van der Waals surface area contributed by atoms with Gasteiger partial charge in [0.25, 0.3) is 0 Å². The summed E-state index contributed by atoms with van der Waals surface area (Å²) in [4.78, 5) is 16.9. The third-order valence-corrected chi connectivity index (χ3v) is 6.17. The van der Waals surface area contributed by atoms with E-state index in [2.05, 4.69) is 30.4 Å². The molecule has 0 unspecified atom stereocenters. The first-order valence-corrected chi connectivity index (χ1v) is 10.0. The lowest BCUT2D eigenvalue weighted by atomic mass is 9.88. The number of urea groups is 1. The van der Waals surface area contributed by atoms with Gasteiger partial charge in [-0.2, -0.15) is 0 Å². The van der Waals surface area contributed by atoms with Gasteiger partial charge in [0.15, 0.2) is 0 Å². The predicted molar refractivity (Wildman–Crippen MR) is 108 cm³/mol. The van der Waals surface area contributed by atoms with Crippen molar-refractivity contribution < 1.29 is 13.9 Å². The molecule has 1 saturated heterocycles. The fourth-order valence-corrected chi connectivity index (χ4v) is 4.12. The van der Waals surface area contributed by atoms with E-state index >= 15 is 0 Å². The van der Waals surface area contributed by atoms with Crippen LogP contribution in [0.15, 0.2) is 40.8 Å². The Balaban J connectivity index is 1.40. The van der Waals surface area contributed by atoms with Crippen molar-refractivity contribution in [2.24, 2.45) is 0 Å². The SMILES string of the molecule is CN(C)C1(CNC(=O)N2CCc3cc(-c4ccccc4)oc3C2)CCOCC1. The van der Waals surface area contributed by atoms with Crippen molar-refractivity contribution in [3.63, 3.8) is 0 Å². The number of nitrogens with one attached hydrogen (secondary N) is 1. The summed E-state index contributed by atoms with van der Waals surface area (Å²) in [5.41, 5.74) is 2.25. The van der Waals surface area contributed by atoms with Crippen LogP contribution < -0.4 is 5.32 Å². The quantitative estimate of drug-likeness (QED) is 0.881. The van der Waals surface area contributed by atoms with Crippen molar-refractivity contribution in [2.45, 2.75) is 31.3 Å². The number of hydrogen-bond donors (Lipinski definition) is 1. The fourth-order valence-electron chi connectivity index (χ4n) is 4.12. The Morgan fingerprint density at radius 1 is 1.21 bits per heavy atom.